The zero-order chi connectivity index (χ0) is 18.8. The molecule has 6 nitrogen and oxygen atoms in total. The minimum atomic E-state index is -0.880. The fourth-order valence-electron chi connectivity index (χ4n) is 2.68. The first-order valence-corrected chi connectivity index (χ1v) is 8.28. The van der Waals surface area contributed by atoms with Gasteiger partial charge in [0.15, 0.2) is 11.9 Å². The minimum Gasteiger partial charge on any atom is -0.495 e. The number of Topliss-reactive ketones (excluding diaryl/α,β-unsaturated/α-hetero) is 1. The summed E-state index contributed by atoms with van der Waals surface area (Å²) in [5.74, 6) is -0.799. The lowest BCUT2D eigenvalue weighted by atomic mass is 10.1. The molecule has 0 aromatic heterocycles. The Morgan fingerprint density at radius 2 is 1.96 bits per heavy atom. The Morgan fingerprint density at radius 1 is 1.23 bits per heavy atom. The molecule has 2 amide bonds. The average Bonchev–Trinajstić information content (AvgIpc) is 2.72. The molecule has 3 rings (SSSR count). The van der Waals surface area contributed by atoms with Crippen LogP contribution >= 0.6 is 11.6 Å². The predicted octanol–water partition coefficient (Wildman–Crippen LogP) is 2.98. The van der Waals surface area contributed by atoms with Crippen LogP contribution in [0.25, 0.3) is 0 Å². The summed E-state index contributed by atoms with van der Waals surface area (Å²) in [7, 11) is 1.47. The van der Waals surface area contributed by atoms with E-state index in [-0.39, 0.29) is 16.1 Å². The largest absolute Gasteiger partial charge is 0.495 e. The molecule has 1 aliphatic rings. The lowest BCUT2D eigenvalue weighted by molar-refractivity contribution is -0.134. The van der Waals surface area contributed by atoms with Crippen molar-refractivity contribution < 1.29 is 23.9 Å². The van der Waals surface area contributed by atoms with E-state index < -0.39 is 30.2 Å². The van der Waals surface area contributed by atoms with E-state index in [0.29, 0.717) is 11.5 Å². The average molecular weight is 374 g/mol. The number of fused-ring (bicyclic) bond motifs is 1. The number of carbonyl (C=O) groups excluding carboxylic acids is 3. The third-order valence-electron chi connectivity index (χ3n) is 4.06. The van der Waals surface area contributed by atoms with Crippen LogP contribution in [0.1, 0.15) is 27.6 Å². The fourth-order valence-corrected chi connectivity index (χ4v) is 2.93. The van der Waals surface area contributed by atoms with Crippen LogP contribution in [0.2, 0.25) is 5.02 Å². The Labute approximate surface area is 155 Å². The summed E-state index contributed by atoms with van der Waals surface area (Å²) in [6, 6.07) is 11.1. The monoisotopic (exact) mass is 373 g/mol. The molecule has 1 heterocycles. The van der Waals surface area contributed by atoms with Crippen LogP contribution in [0.5, 0.6) is 11.5 Å². The molecular weight excluding hydrogens is 358 g/mol. The van der Waals surface area contributed by atoms with Gasteiger partial charge in [-0.15, -0.1) is 0 Å². The van der Waals surface area contributed by atoms with Crippen LogP contribution in [0.15, 0.2) is 42.5 Å². The molecule has 0 saturated heterocycles. The number of imide groups is 1. The summed E-state index contributed by atoms with van der Waals surface area (Å²) in [6.07, 6.45) is -0.880. The second-order valence-corrected chi connectivity index (χ2v) is 6.17. The van der Waals surface area contributed by atoms with E-state index in [0.717, 1.165) is 4.90 Å². The molecule has 0 spiro atoms. The van der Waals surface area contributed by atoms with Gasteiger partial charge in [0.1, 0.15) is 11.5 Å². The van der Waals surface area contributed by atoms with E-state index >= 15 is 0 Å². The van der Waals surface area contributed by atoms with Gasteiger partial charge in [-0.3, -0.25) is 19.3 Å². The summed E-state index contributed by atoms with van der Waals surface area (Å²) in [4.78, 5) is 38.8. The fraction of sp³-hybridized carbons (Fsp3) is 0.211. The highest BCUT2D eigenvalue weighted by Crippen LogP contribution is 2.27. The predicted molar refractivity (Wildman–Crippen MR) is 94.9 cm³/mol. The van der Waals surface area contributed by atoms with Gasteiger partial charge in [0.05, 0.1) is 24.2 Å². The van der Waals surface area contributed by atoms with Crippen molar-refractivity contribution in [3.8, 4) is 11.5 Å². The van der Waals surface area contributed by atoms with Gasteiger partial charge in [-0.25, -0.2) is 0 Å². The molecule has 0 aliphatic carbocycles. The molecule has 134 valence electrons. The summed E-state index contributed by atoms with van der Waals surface area (Å²) in [5, 5.41) is 0.272. The van der Waals surface area contributed by atoms with Crippen molar-refractivity contribution in [2.45, 2.75) is 13.0 Å². The maximum atomic E-state index is 12.8. The highest BCUT2D eigenvalue weighted by atomic mass is 35.5. The molecule has 0 N–H and O–H groups in total. The Bertz CT molecular complexity index is 895. The molecular formula is C19H16ClNO5. The number of ketones is 1. The van der Waals surface area contributed by atoms with Gasteiger partial charge >= 0.3 is 0 Å². The van der Waals surface area contributed by atoms with E-state index in [9.17, 15) is 14.4 Å². The smallest absolute Gasteiger partial charge is 0.270 e. The van der Waals surface area contributed by atoms with Crippen molar-refractivity contribution in [3.05, 3.63) is 58.6 Å². The van der Waals surface area contributed by atoms with E-state index in [1.165, 1.54) is 19.2 Å². The van der Waals surface area contributed by atoms with Gasteiger partial charge in [-0.2, -0.15) is 0 Å². The molecule has 1 aliphatic heterocycles. The van der Waals surface area contributed by atoms with E-state index in [4.69, 9.17) is 21.1 Å². The van der Waals surface area contributed by atoms with Crippen LogP contribution in [0.4, 0.5) is 0 Å². The van der Waals surface area contributed by atoms with Crippen LogP contribution in [0, 0.1) is 0 Å². The third kappa shape index (κ3) is 3.28. The number of carbonyl (C=O) groups is 3. The Kier molecular flexibility index (Phi) is 4.95. The number of rotatable bonds is 4. The maximum absolute atomic E-state index is 12.8. The van der Waals surface area contributed by atoms with Gasteiger partial charge in [-0.1, -0.05) is 23.7 Å². The number of hydrogen-bond acceptors (Lipinski definition) is 5. The number of halogens is 1. The quantitative estimate of drug-likeness (QED) is 0.608. The molecule has 1 unspecified atom stereocenters. The van der Waals surface area contributed by atoms with Crippen molar-refractivity contribution >= 4 is 29.2 Å². The molecule has 7 heteroatoms. The molecule has 26 heavy (non-hydrogen) atoms. The third-order valence-corrected chi connectivity index (χ3v) is 4.35. The van der Waals surface area contributed by atoms with E-state index in [1.54, 1.807) is 37.3 Å². The topological polar surface area (TPSA) is 72.9 Å². The zero-order valence-corrected chi connectivity index (χ0v) is 14.9. The van der Waals surface area contributed by atoms with Crippen molar-refractivity contribution in [1.29, 1.82) is 0 Å². The normalized spacial score (nSPS) is 16.6. The van der Waals surface area contributed by atoms with Gasteiger partial charge < -0.3 is 9.47 Å². The van der Waals surface area contributed by atoms with Crippen LogP contribution in [-0.2, 0) is 4.79 Å². The molecule has 0 saturated carbocycles. The second-order valence-electron chi connectivity index (χ2n) is 5.76. The maximum Gasteiger partial charge on any atom is 0.270 e. The molecule has 2 aromatic carbocycles. The number of ether oxygens (including phenoxy) is 2. The van der Waals surface area contributed by atoms with E-state index in [2.05, 4.69) is 0 Å². The first-order valence-electron chi connectivity index (χ1n) is 7.90. The van der Waals surface area contributed by atoms with Crippen LogP contribution in [-0.4, -0.2) is 42.3 Å². The lowest BCUT2D eigenvalue weighted by Gasteiger charge is -2.19. The highest BCUT2D eigenvalue weighted by molar-refractivity contribution is 6.32. The molecule has 1 atom stereocenters. The number of methoxy groups -OCH3 is 1. The number of hydrogen-bond donors (Lipinski definition) is 0. The van der Waals surface area contributed by atoms with Crippen LogP contribution in [0.3, 0.4) is 0 Å². The van der Waals surface area contributed by atoms with Crippen molar-refractivity contribution in [3.63, 3.8) is 0 Å². The van der Waals surface area contributed by atoms with Gasteiger partial charge in [0, 0.05) is 5.56 Å². The minimum absolute atomic E-state index is 0.241. The molecule has 2 aromatic rings. The Morgan fingerprint density at radius 3 is 2.65 bits per heavy atom. The molecule has 0 bridgehead atoms. The first kappa shape index (κ1) is 17.9. The van der Waals surface area contributed by atoms with E-state index in [1.807, 2.05) is 0 Å². The number of nitrogens with zero attached hydrogens (tertiary/aromatic N) is 1. The summed E-state index contributed by atoms with van der Waals surface area (Å²) in [5.41, 5.74) is 0.522. The van der Waals surface area contributed by atoms with Gasteiger partial charge in [-0.05, 0) is 37.3 Å². The Hall–Kier alpha value is -2.86. The van der Waals surface area contributed by atoms with Crippen molar-refractivity contribution in [1.82, 2.24) is 4.90 Å². The standard InChI is InChI=1S/C19H16ClNO5/c1-11-18(23)21(19(24)13-5-3-4-6-16(13)26-11)10-15(22)12-7-8-17(25-2)14(20)9-12/h3-9,11H,10H2,1-2H3. The number of para-hydroxylation sites is 1. The Balaban J connectivity index is 1.90. The lowest BCUT2D eigenvalue weighted by Crippen LogP contribution is -2.44. The van der Waals surface area contributed by atoms with Gasteiger partial charge in [0.2, 0.25) is 0 Å². The summed E-state index contributed by atoms with van der Waals surface area (Å²) < 4.78 is 10.6. The number of benzene rings is 2. The summed E-state index contributed by atoms with van der Waals surface area (Å²) in [6.45, 7) is 1.14. The van der Waals surface area contributed by atoms with Gasteiger partial charge in [0.25, 0.3) is 11.8 Å². The van der Waals surface area contributed by atoms with Crippen molar-refractivity contribution in [2.24, 2.45) is 0 Å². The molecule has 0 fully saturated rings. The SMILES string of the molecule is COc1ccc(C(=O)CN2C(=O)c3ccccc3OC(C)C2=O)cc1Cl. The van der Waals surface area contributed by atoms with Crippen molar-refractivity contribution in [2.75, 3.05) is 13.7 Å². The number of amides is 2. The second kappa shape index (κ2) is 7.17. The first-order chi connectivity index (χ1) is 12.4. The van der Waals surface area contributed by atoms with Crippen LogP contribution < -0.4 is 9.47 Å². The highest BCUT2D eigenvalue weighted by Gasteiger charge is 2.35. The zero-order valence-electron chi connectivity index (χ0n) is 14.2. The summed E-state index contributed by atoms with van der Waals surface area (Å²) >= 11 is 6.05. The molecule has 0 radical (unpaired) electrons.